The lowest BCUT2D eigenvalue weighted by Gasteiger charge is -2.33. The van der Waals surface area contributed by atoms with E-state index in [1.54, 1.807) is 6.08 Å². The van der Waals surface area contributed by atoms with Crippen molar-refractivity contribution in [1.82, 2.24) is 14.5 Å². The van der Waals surface area contributed by atoms with Crippen LogP contribution in [0.5, 0.6) is 0 Å². The zero-order valence-electron chi connectivity index (χ0n) is 11.8. The molecule has 9 heteroatoms. The van der Waals surface area contributed by atoms with Crippen LogP contribution in [0.3, 0.4) is 0 Å². The van der Waals surface area contributed by atoms with E-state index >= 15 is 0 Å². The first-order chi connectivity index (χ1) is 9.85. The van der Waals surface area contributed by atoms with E-state index in [2.05, 4.69) is 11.9 Å². The zero-order chi connectivity index (χ0) is 15.9. The predicted molar refractivity (Wildman–Crippen MR) is 77.3 cm³/mol. The van der Waals surface area contributed by atoms with E-state index < -0.39 is 22.4 Å². The van der Waals surface area contributed by atoms with Crippen molar-refractivity contribution in [3.8, 4) is 0 Å². The van der Waals surface area contributed by atoms with Crippen LogP contribution in [0.2, 0.25) is 0 Å². The molecule has 0 radical (unpaired) electrons. The van der Waals surface area contributed by atoms with E-state index in [1.165, 1.54) is 4.31 Å². The maximum Gasteiger partial charge on any atom is 0.304 e. The van der Waals surface area contributed by atoms with Gasteiger partial charge >= 0.3 is 5.97 Å². The second-order valence-electron chi connectivity index (χ2n) is 4.73. The monoisotopic (exact) mass is 319 g/mol. The normalized spacial score (nSPS) is 17.3. The molecule has 0 aromatic heterocycles. The molecule has 0 bridgehead atoms. The Morgan fingerprint density at radius 1 is 1.24 bits per heavy atom. The van der Waals surface area contributed by atoms with Gasteiger partial charge in [0, 0.05) is 32.7 Å². The second kappa shape index (κ2) is 8.11. The molecule has 0 saturated carbocycles. The first-order valence-electron chi connectivity index (χ1n) is 6.64. The van der Waals surface area contributed by atoms with Crippen LogP contribution in [0.15, 0.2) is 12.7 Å². The van der Waals surface area contributed by atoms with Gasteiger partial charge in [0.05, 0.1) is 18.7 Å². The van der Waals surface area contributed by atoms with E-state index in [0.29, 0.717) is 19.6 Å². The minimum absolute atomic E-state index is 0.128. The van der Waals surface area contributed by atoms with Gasteiger partial charge in [-0.3, -0.25) is 14.5 Å². The van der Waals surface area contributed by atoms with Gasteiger partial charge < -0.3 is 10.4 Å². The average Bonchev–Trinajstić information content (AvgIpc) is 2.43. The van der Waals surface area contributed by atoms with Gasteiger partial charge in [0.15, 0.2) is 0 Å². The maximum absolute atomic E-state index is 11.9. The van der Waals surface area contributed by atoms with Gasteiger partial charge in [0.2, 0.25) is 15.9 Å². The van der Waals surface area contributed by atoms with Crippen molar-refractivity contribution in [3.63, 3.8) is 0 Å². The minimum Gasteiger partial charge on any atom is -0.481 e. The molecule has 1 fully saturated rings. The average molecular weight is 319 g/mol. The molecule has 1 heterocycles. The third-order valence-corrected chi connectivity index (χ3v) is 4.98. The number of hydrogen-bond donors (Lipinski definition) is 2. The Morgan fingerprint density at radius 2 is 1.86 bits per heavy atom. The van der Waals surface area contributed by atoms with Crippen molar-refractivity contribution in [3.05, 3.63) is 12.7 Å². The van der Waals surface area contributed by atoms with E-state index in [4.69, 9.17) is 5.11 Å². The molecule has 120 valence electrons. The van der Waals surface area contributed by atoms with Crippen LogP contribution in [-0.4, -0.2) is 79.6 Å². The van der Waals surface area contributed by atoms with Gasteiger partial charge in [-0.1, -0.05) is 6.08 Å². The lowest BCUT2D eigenvalue weighted by atomic mass is 10.3. The molecule has 1 amide bonds. The second-order valence-corrected chi connectivity index (χ2v) is 6.82. The summed E-state index contributed by atoms with van der Waals surface area (Å²) in [5.74, 6) is -1.64. The zero-order valence-corrected chi connectivity index (χ0v) is 12.6. The molecule has 0 aromatic rings. The van der Waals surface area contributed by atoms with Crippen LogP contribution in [0, 0.1) is 0 Å². The number of sulfonamides is 1. The molecule has 0 unspecified atom stereocenters. The summed E-state index contributed by atoms with van der Waals surface area (Å²) >= 11 is 0. The fourth-order valence-electron chi connectivity index (χ4n) is 1.96. The first-order valence-corrected chi connectivity index (χ1v) is 8.25. The summed E-state index contributed by atoms with van der Waals surface area (Å²) in [6, 6.07) is 0. The summed E-state index contributed by atoms with van der Waals surface area (Å²) in [4.78, 5) is 23.8. The van der Waals surface area contributed by atoms with Gasteiger partial charge in [-0.25, -0.2) is 8.42 Å². The van der Waals surface area contributed by atoms with E-state index in [1.807, 2.05) is 4.90 Å². The number of carboxylic acids is 1. The summed E-state index contributed by atoms with van der Waals surface area (Å²) in [6.45, 7) is 5.58. The number of nitrogens with one attached hydrogen (secondary N) is 1. The quantitative estimate of drug-likeness (QED) is 0.539. The summed E-state index contributed by atoms with van der Waals surface area (Å²) in [5.41, 5.74) is 0. The Morgan fingerprint density at radius 3 is 2.38 bits per heavy atom. The highest BCUT2D eigenvalue weighted by molar-refractivity contribution is 7.89. The van der Waals surface area contributed by atoms with Gasteiger partial charge in [-0.2, -0.15) is 4.31 Å². The fourth-order valence-corrected chi connectivity index (χ4v) is 3.37. The number of carbonyl (C=O) groups excluding carboxylic acids is 1. The Kier molecular flexibility index (Phi) is 6.79. The predicted octanol–water partition coefficient (Wildman–Crippen LogP) is -1.29. The number of carboxylic acid groups (broad SMARTS) is 1. The molecular formula is C12H21N3O5S. The largest absolute Gasteiger partial charge is 0.481 e. The Labute approximate surface area is 124 Å². The summed E-state index contributed by atoms with van der Waals surface area (Å²) in [7, 11) is -3.53. The third-order valence-electron chi connectivity index (χ3n) is 3.11. The number of hydrogen-bond acceptors (Lipinski definition) is 5. The van der Waals surface area contributed by atoms with E-state index in [9.17, 15) is 18.0 Å². The molecule has 8 nitrogen and oxygen atoms in total. The molecule has 0 aromatic carbocycles. The third kappa shape index (κ3) is 6.23. The van der Waals surface area contributed by atoms with Crippen molar-refractivity contribution in [2.45, 2.75) is 6.42 Å². The Balaban J connectivity index is 2.39. The van der Waals surface area contributed by atoms with Crippen molar-refractivity contribution < 1.29 is 23.1 Å². The highest BCUT2D eigenvalue weighted by atomic mass is 32.2. The molecule has 2 N–H and O–H groups in total. The van der Waals surface area contributed by atoms with Crippen LogP contribution in [0.1, 0.15) is 6.42 Å². The lowest BCUT2D eigenvalue weighted by molar-refractivity contribution is -0.136. The molecule has 1 saturated heterocycles. The van der Waals surface area contributed by atoms with Gasteiger partial charge in [-0.05, 0) is 0 Å². The number of nitrogens with zero attached hydrogens (tertiary/aromatic N) is 2. The molecular weight excluding hydrogens is 298 g/mol. The molecule has 1 aliphatic heterocycles. The Hall–Kier alpha value is -1.45. The van der Waals surface area contributed by atoms with Gasteiger partial charge in [0.25, 0.3) is 0 Å². The summed E-state index contributed by atoms with van der Waals surface area (Å²) in [6.07, 6.45) is 1.19. The standard InChI is InChI=1S/C12H21N3O5S/c1-2-4-13-11(16)10-14-5-7-15(8-6-14)21(19,20)9-3-12(17)18/h2H,1,3-10H2,(H,13,16)(H,17,18). The maximum atomic E-state index is 11.9. The van der Waals surface area contributed by atoms with Gasteiger partial charge in [-0.15, -0.1) is 6.58 Å². The Bertz CT molecular complexity index is 483. The van der Waals surface area contributed by atoms with Crippen molar-refractivity contribution in [2.24, 2.45) is 0 Å². The number of carbonyl (C=O) groups is 2. The molecule has 0 spiro atoms. The highest BCUT2D eigenvalue weighted by Gasteiger charge is 2.27. The van der Waals surface area contributed by atoms with Crippen LogP contribution in [0.4, 0.5) is 0 Å². The number of rotatable bonds is 8. The summed E-state index contributed by atoms with van der Waals surface area (Å²) in [5, 5.41) is 11.2. The molecule has 21 heavy (non-hydrogen) atoms. The van der Waals surface area contributed by atoms with Crippen LogP contribution in [-0.2, 0) is 19.6 Å². The minimum atomic E-state index is -3.53. The van der Waals surface area contributed by atoms with Crippen LogP contribution in [0.25, 0.3) is 0 Å². The van der Waals surface area contributed by atoms with Crippen molar-refractivity contribution in [1.29, 1.82) is 0 Å². The highest BCUT2D eigenvalue weighted by Crippen LogP contribution is 2.09. The van der Waals surface area contributed by atoms with E-state index in [-0.39, 0.29) is 31.3 Å². The molecule has 1 rings (SSSR count). The molecule has 0 atom stereocenters. The van der Waals surface area contributed by atoms with Gasteiger partial charge in [0.1, 0.15) is 0 Å². The first kappa shape index (κ1) is 17.6. The molecule has 1 aliphatic rings. The fraction of sp³-hybridized carbons (Fsp3) is 0.667. The lowest BCUT2D eigenvalue weighted by Crippen LogP contribution is -2.51. The number of aliphatic carboxylic acids is 1. The van der Waals surface area contributed by atoms with Crippen molar-refractivity contribution in [2.75, 3.05) is 45.0 Å². The smallest absolute Gasteiger partial charge is 0.304 e. The number of amides is 1. The topological polar surface area (TPSA) is 107 Å². The van der Waals surface area contributed by atoms with Crippen LogP contribution >= 0.6 is 0 Å². The SMILES string of the molecule is C=CCNC(=O)CN1CCN(S(=O)(=O)CCC(=O)O)CC1. The number of piperazine rings is 1. The van der Waals surface area contributed by atoms with Crippen molar-refractivity contribution >= 4 is 21.9 Å². The van der Waals surface area contributed by atoms with E-state index in [0.717, 1.165) is 0 Å². The summed E-state index contributed by atoms with van der Waals surface area (Å²) < 4.78 is 25.1. The molecule has 0 aliphatic carbocycles. The van der Waals surface area contributed by atoms with Crippen LogP contribution < -0.4 is 5.32 Å².